The van der Waals surface area contributed by atoms with Gasteiger partial charge in [0.25, 0.3) is 5.91 Å². The zero-order valence-electron chi connectivity index (χ0n) is 35.5. The number of aliphatic carboxylic acids is 3. The first-order chi connectivity index (χ1) is 28.3. The molecule has 6 amide bonds. The Hall–Kier alpha value is -5.67. The molecule has 0 bridgehead atoms. The normalized spacial score (nSPS) is 13.9. The Bertz CT molecular complexity index is 1750. The molecule has 0 heterocycles. The average Bonchev–Trinajstić information content (AvgIpc) is 3.14. The summed E-state index contributed by atoms with van der Waals surface area (Å²) in [6.07, 6.45) is 0.0714. The number of carbonyl (C=O) groups is 9. The van der Waals surface area contributed by atoms with Gasteiger partial charge in [0.15, 0.2) is 0 Å². The van der Waals surface area contributed by atoms with Crippen LogP contribution in [0.15, 0.2) is 36.5 Å². The molecule has 21 heteroatoms. The van der Waals surface area contributed by atoms with Crippen LogP contribution in [0.2, 0.25) is 6.32 Å². The number of aryl methyl sites for hydroxylation is 1. The number of hydrogen-bond donors (Lipinski definition) is 10. The summed E-state index contributed by atoms with van der Waals surface area (Å²) in [4.78, 5) is 119. The van der Waals surface area contributed by atoms with Gasteiger partial charge in [0.1, 0.15) is 24.2 Å². The number of amides is 6. The largest absolute Gasteiger partial charge is 0.481 e. The van der Waals surface area contributed by atoms with Crippen molar-refractivity contribution in [2.24, 2.45) is 17.1 Å². The van der Waals surface area contributed by atoms with Crippen molar-refractivity contribution in [3.8, 4) is 0 Å². The zero-order chi connectivity index (χ0) is 46.6. The van der Waals surface area contributed by atoms with Crippen LogP contribution in [0.1, 0.15) is 97.1 Å². The first-order valence-electron chi connectivity index (χ1n) is 19.9. The van der Waals surface area contributed by atoms with Crippen molar-refractivity contribution >= 4 is 60.5 Å². The van der Waals surface area contributed by atoms with E-state index in [4.69, 9.17) is 20.9 Å². The maximum atomic E-state index is 15.0. The number of rotatable bonds is 26. The second-order valence-electron chi connectivity index (χ2n) is 16.2. The van der Waals surface area contributed by atoms with Gasteiger partial charge in [-0.05, 0) is 61.2 Å². The highest BCUT2D eigenvalue weighted by atomic mass is 16.4. The molecule has 0 aliphatic heterocycles. The third-order valence-corrected chi connectivity index (χ3v) is 9.21. The predicted octanol–water partition coefficient (Wildman–Crippen LogP) is 0.222. The van der Waals surface area contributed by atoms with Crippen LogP contribution in [0.3, 0.4) is 0 Å². The van der Waals surface area contributed by atoms with E-state index in [0.29, 0.717) is 28.9 Å². The van der Waals surface area contributed by atoms with E-state index in [1.54, 1.807) is 51.1 Å². The van der Waals surface area contributed by atoms with E-state index in [9.17, 15) is 53.4 Å². The molecule has 0 saturated heterocycles. The van der Waals surface area contributed by atoms with Crippen molar-refractivity contribution in [3.63, 3.8) is 0 Å². The summed E-state index contributed by atoms with van der Waals surface area (Å²) in [5.74, 6) is -10.5. The maximum Gasteiger partial charge on any atom is 0.451 e. The van der Waals surface area contributed by atoms with Gasteiger partial charge in [-0.3, -0.25) is 48.1 Å². The Morgan fingerprint density at radius 2 is 1.38 bits per heavy atom. The minimum atomic E-state index is -1.72. The number of nitrogens with two attached hydrogens (primary N) is 1. The van der Waals surface area contributed by atoms with Gasteiger partial charge in [-0.15, -0.1) is 0 Å². The Balaban J connectivity index is 3.85. The summed E-state index contributed by atoms with van der Waals surface area (Å²) in [5.41, 5.74) is 5.51. The number of nitrogens with one attached hydrogen (secondary N) is 4. The van der Waals surface area contributed by atoms with Crippen molar-refractivity contribution in [3.05, 3.63) is 47.7 Å². The van der Waals surface area contributed by atoms with E-state index in [2.05, 4.69) is 21.3 Å². The lowest BCUT2D eigenvalue weighted by Gasteiger charge is -2.40. The fourth-order valence-corrected chi connectivity index (χ4v) is 6.12. The average molecular weight is 861 g/mol. The van der Waals surface area contributed by atoms with Crippen molar-refractivity contribution in [1.82, 2.24) is 26.2 Å². The third kappa shape index (κ3) is 20.0. The number of unbranched alkanes of at least 4 members (excludes halogenated alkanes) is 1. The number of hydrogen-bond acceptors (Lipinski definition) is 12. The van der Waals surface area contributed by atoms with Gasteiger partial charge in [0.05, 0.1) is 18.9 Å². The molecule has 5 atom stereocenters. The fraction of sp³-hybridized carbons (Fsp3) is 0.575. The van der Waals surface area contributed by atoms with Crippen molar-refractivity contribution < 1.29 is 68.5 Å². The molecule has 0 fully saturated rings. The second kappa shape index (κ2) is 25.8. The number of carboxylic acid groups (broad SMARTS) is 3. The van der Waals surface area contributed by atoms with Crippen LogP contribution >= 0.6 is 0 Å². The van der Waals surface area contributed by atoms with Crippen LogP contribution in [-0.4, -0.2) is 121 Å². The zero-order valence-corrected chi connectivity index (χ0v) is 35.5. The number of imide groups is 1. The Morgan fingerprint density at radius 1 is 0.787 bits per heavy atom. The van der Waals surface area contributed by atoms with Crippen LogP contribution in [0.25, 0.3) is 0 Å². The molecule has 0 unspecified atom stereocenters. The SMILES string of the molecule is Cc1ccccc1C[C@H](NC(=O)[C@H](CCC(=O)O)NC(=O)[C@@H](N)CC(=O)O)C(=O)N(C(=O)CCC(=O)O)[C@H](C(=O)N[C@@H](CC(C)C)C(=O)NC=CCCCB(O)O)C(C)(C)C. The number of carboxylic acids is 3. The lowest BCUT2D eigenvalue weighted by Crippen LogP contribution is -2.64. The highest BCUT2D eigenvalue weighted by molar-refractivity contribution is 6.40. The summed E-state index contributed by atoms with van der Waals surface area (Å²) in [5, 5.41) is 56.0. The first kappa shape index (κ1) is 53.4. The number of carbonyl (C=O) groups excluding carboxylic acids is 6. The van der Waals surface area contributed by atoms with Crippen LogP contribution in [0, 0.1) is 18.3 Å². The summed E-state index contributed by atoms with van der Waals surface area (Å²) < 4.78 is 0. The molecule has 338 valence electrons. The van der Waals surface area contributed by atoms with Gasteiger partial charge in [-0.25, -0.2) is 0 Å². The monoisotopic (exact) mass is 860 g/mol. The highest BCUT2D eigenvalue weighted by Gasteiger charge is 2.46. The summed E-state index contributed by atoms with van der Waals surface area (Å²) in [6, 6.07) is -1.30. The molecule has 0 spiro atoms. The second-order valence-corrected chi connectivity index (χ2v) is 16.2. The minimum Gasteiger partial charge on any atom is -0.481 e. The molecular formula is C40H61BN6O14. The van der Waals surface area contributed by atoms with E-state index in [-0.39, 0.29) is 25.1 Å². The summed E-state index contributed by atoms with van der Waals surface area (Å²) in [7, 11) is -1.48. The Kier molecular flexibility index (Phi) is 22.6. The lowest BCUT2D eigenvalue weighted by molar-refractivity contribution is -0.159. The maximum absolute atomic E-state index is 15.0. The fourth-order valence-electron chi connectivity index (χ4n) is 6.12. The van der Waals surface area contributed by atoms with E-state index >= 15 is 0 Å². The first-order valence-corrected chi connectivity index (χ1v) is 19.9. The number of nitrogens with zero attached hydrogens (tertiary/aromatic N) is 1. The van der Waals surface area contributed by atoms with Crippen LogP contribution < -0.4 is 27.0 Å². The van der Waals surface area contributed by atoms with Gasteiger partial charge in [0.2, 0.25) is 29.5 Å². The third-order valence-electron chi connectivity index (χ3n) is 9.21. The van der Waals surface area contributed by atoms with E-state index in [1.807, 2.05) is 0 Å². The van der Waals surface area contributed by atoms with Gasteiger partial charge in [0, 0.05) is 19.3 Å². The molecule has 11 N–H and O–H groups in total. The number of benzene rings is 1. The topological polar surface area (TPSA) is 332 Å². The molecule has 0 aliphatic carbocycles. The minimum absolute atomic E-state index is 0.103. The molecule has 1 aromatic carbocycles. The molecule has 1 aromatic rings. The van der Waals surface area contributed by atoms with E-state index in [1.165, 1.54) is 27.0 Å². The van der Waals surface area contributed by atoms with Gasteiger partial charge in [-0.2, -0.15) is 0 Å². The highest BCUT2D eigenvalue weighted by Crippen LogP contribution is 2.28. The summed E-state index contributed by atoms with van der Waals surface area (Å²) >= 11 is 0. The van der Waals surface area contributed by atoms with E-state index < -0.39 is 128 Å². The molecule has 61 heavy (non-hydrogen) atoms. The standard InChI is InChI=1S/C40H61BN6O14/c1-23(2)20-28(36(56)43-19-11-7-10-18-41(60)61)45-38(58)34(40(4,5)6)47(30(48)15-17-32(51)52)39(59)29(21-25-13-9-8-12-24(25)3)46-37(57)27(14-16-31(49)50)44-35(55)26(42)22-33(53)54/h8-9,11-13,19,23,26-29,34,60-61H,7,10,14-18,20-22,42H2,1-6H3,(H,43,56)(H,44,55)(H,45,58)(H,46,57)(H,49,50)(H,51,52)(H,53,54)/t26-,27-,28-,29-,34+/m0/s1. The predicted molar refractivity (Wildman–Crippen MR) is 221 cm³/mol. The molecule has 0 radical (unpaired) electrons. The van der Waals surface area contributed by atoms with Gasteiger partial charge >= 0.3 is 25.0 Å². The van der Waals surface area contributed by atoms with Gasteiger partial charge < -0.3 is 52.4 Å². The van der Waals surface area contributed by atoms with Crippen LogP contribution in [0.5, 0.6) is 0 Å². The van der Waals surface area contributed by atoms with Crippen LogP contribution in [-0.2, 0) is 49.6 Å². The molecule has 20 nitrogen and oxygen atoms in total. The Morgan fingerprint density at radius 3 is 1.92 bits per heavy atom. The molecule has 1 rings (SSSR count). The smallest absolute Gasteiger partial charge is 0.451 e. The van der Waals surface area contributed by atoms with Crippen molar-refractivity contribution in [2.75, 3.05) is 0 Å². The Labute approximate surface area is 355 Å². The molecule has 0 aromatic heterocycles. The molecule has 0 aliphatic rings. The molecule has 0 saturated carbocycles. The number of allylic oxidation sites excluding steroid dienone is 1. The van der Waals surface area contributed by atoms with E-state index in [0.717, 1.165) is 0 Å². The lowest BCUT2D eigenvalue weighted by atomic mass is 9.83. The van der Waals surface area contributed by atoms with Crippen molar-refractivity contribution in [2.45, 2.75) is 136 Å². The molecular weight excluding hydrogens is 799 g/mol. The van der Waals surface area contributed by atoms with Crippen molar-refractivity contribution in [1.29, 1.82) is 0 Å². The van der Waals surface area contributed by atoms with Gasteiger partial charge in [-0.1, -0.05) is 71.4 Å². The summed E-state index contributed by atoms with van der Waals surface area (Å²) in [6.45, 7) is 9.86. The quantitative estimate of drug-likeness (QED) is 0.0440. The van der Waals surface area contributed by atoms with Crippen LogP contribution in [0.4, 0.5) is 0 Å².